The van der Waals surface area contributed by atoms with Gasteiger partial charge in [-0.05, 0) is 51.2 Å². The van der Waals surface area contributed by atoms with Gasteiger partial charge in [0.25, 0.3) is 0 Å². The van der Waals surface area contributed by atoms with Crippen molar-refractivity contribution in [2.45, 2.75) is 44.9 Å². The number of carbonyl (C=O) groups is 1. The van der Waals surface area contributed by atoms with Crippen LogP contribution in [0.2, 0.25) is 0 Å². The lowest BCUT2D eigenvalue weighted by atomic mass is 10.1. The zero-order valence-electron chi connectivity index (χ0n) is 16.7. The number of benzene rings is 1. The molecule has 0 aliphatic carbocycles. The van der Waals surface area contributed by atoms with E-state index in [1.165, 1.54) is 6.42 Å². The number of nitrogens with zero attached hydrogens (tertiary/aromatic N) is 3. The molecule has 7 heteroatoms. The van der Waals surface area contributed by atoms with Gasteiger partial charge in [-0.1, -0.05) is 17.7 Å². The third-order valence-electron chi connectivity index (χ3n) is 5.60. The van der Waals surface area contributed by atoms with Crippen LogP contribution in [-0.4, -0.2) is 74.2 Å². The monoisotopic (exact) mass is 393 g/mol. The number of rotatable bonds is 4. The van der Waals surface area contributed by atoms with Crippen LogP contribution in [0.4, 0.5) is 0 Å². The molecule has 1 aromatic carbocycles. The van der Waals surface area contributed by atoms with Crippen LogP contribution in [0.5, 0.6) is 0 Å². The summed E-state index contributed by atoms with van der Waals surface area (Å²) in [6, 6.07) is 3.85. The fourth-order valence-corrected chi connectivity index (χ4v) is 6.10. The van der Waals surface area contributed by atoms with Crippen LogP contribution in [0.25, 0.3) is 0 Å². The van der Waals surface area contributed by atoms with Crippen LogP contribution in [0.1, 0.15) is 36.0 Å². The lowest BCUT2D eigenvalue weighted by Gasteiger charge is -2.35. The summed E-state index contributed by atoms with van der Waals surface area (Å²) in [7, 11) is -3.50. The Morgan fingerprint density at radius 2 is 1.44 bits per heavy atom. The highest BCUT2D eigenvalue weighted by molar-refractivity contribution is 7.89. The molecule has 0 unspecified atom stereocenters. The van der Waals surface area contributed by atoms with Gasteiger partial charge >= 0.3 is 0 Å². The van der Waals surface area contributed by atoms with Gasteiger partial charge in [-0.15, -0.1) is 0 Å². The summed E-state index contributed by atoms with van der Waals surface area (Å²) in [4.78, 5) is 16.9. The molecule has 0 atom stereocenters. The molecule has 1 aromatic rings. The maximum absolute atomic E-state index is 13.1. The van der Waals surface area contributed by atoms with E-state index in [0.717, 1.165) is 42.6 Å². The van der Waals surface area contributed by atoms with E-state index in [4.69, 9.17) is 0 Å². The molecule has 1 amide bonds. The zero-order chi connectivity index (χ0) is 19.6. The predicted molar refractivity (Wildman–Crippen MR) is 106 cm³/mol. The second kappa shape index (κ2) is 8.29. The number of hydrogen-bond acceptors (Lipinski definition) is 4. The third kappa shape index (κ3) is 4.52. The lowest BCUT2D eigenvalue weighted by Crippen LogP contribution is -2.52. The average molecular weight is 394 g/mol. The van der Waals surface area contributed by atoms with Crippen molar-refractivity contribution < 1.29 is 13.2 Å². The molecule has 0 spiro atoms. The molecule has 0 saturated carbocycles. The van der Waals surface area contributed by atoms with E-state index >= 15 is 0 Å². The maximum Gasteiger partial charge on any atom is 0.243 e. The van der Waals surface area contributed by atoms with Crippen molar-refractivity contribution in [1.82, 2.24) is 14.1 Å². The number of aryl methyl sites for hydroxylation is 3. The number of hydrogen-bond donors (Lipinski definition) is 0. The summed E-state index contributed by atoms with van der Waals surface area (Å²) in [6.45, 7) is 9.89. The molecule has 2 fully saturated rings. The largest absolute Gasteiger partial charge is 0.342 e. The SMILES string of the molecule is Cc1cc(C)c(S(=O)(=O)N2CCN(CC(=O)N3CCCCC3)CC2)c(C)c1. The van der Waals surface area contributed by atoms with Crippen molar-refractivity contribution in [3.05, 3.63) is 28.8 Å². The second-order valence-electron chi connectivity index (χ2n) is 7.85. The Hall–Kier alpha value is -1.44. The van der Waals surface area contributed by atoms with Crippen LogP contribution in [0.15, 0.2) is 17.0 Å². The van der Waals surface area contributed by atoms with Gasteiger partial charge in [-0.2, -0.15) is 4.31 Å². The topological polar surface area (TPSA) is 60.9 Å². The fourth-order valence-electron chi connectivity index (χ4n) is 4.27. The van der Waals surface area contributed by atoms with Crippen LogP contribution >= 0.6 is 0 Å². The third-order valence-corrected chi connectivity index (χ3v) is 7.81. The number of sulfonamides is 1. The Bertz CT molecular complexity index is 770. The average Bonchev–Trinajstić information content (AvgIpc) is 2.61. The standard InChI is InChI=1S/C20H31N3O3S/c1-16-13-17(2)20(18(3)14-16)27(25,26)23-11-9-21(10-12-23)15-19(24)22-7-5-4-6-8-22/h13-14H,4-12,15H2,1-3H3. The first-order chi connectivity index (χ1) is 12.8. The van der Waals surface area contributed by atoms with E-state index in [0.29, 0.717) is 37.6 Å². The molecule has 2 aliphatic heterocycles. The fraction of sp³-hybridized carbons (Fsp3) is 0.650. The molecule has 0 N–H and O–H groups in total. The summed E-state index contributed by atoms with van der Waals surface area (Å²) in [5.74, 6) is 0.177. The summed E-state index contributed by atoms with van der Waals surface area (Å²) in [6.07, 6.45) is 3.39. The van der Waals surface area contributed by atoms with E-state index in [1.807, 2.05) is 37.8 Å². The minimum absolute atomic E-state index is 0.177. The van der Waals surface area contributed by atoms with Crippen LogP contribution in [0.3, 0.4) is 0 Å². The molecule has 2 saturated heterocycles. The molecular weight excluding hydrogens is 362 g/mol. The van der Waals surface area contributed by atoms with Gasteiger partial charge in [0, 0.05) is 39.3 Å². The van der Waals surface area contributed by atoms with Crippen molar-refractivity contribution in [2.24, 2.45) is 0 Å². The summed E-state index contributed by atoms with van der Waals surface area (Å²) in [5, 5.41) is 0. The van der Waals surface area contributed by atoms with Crippen molar-refractivity contribution >= 4 is 15.9 Å². The molecule has 150 valence electrons. The molecule has 0 bridgehead atoms. The first-order valence-corrected chi connectivity index (χ1v) is 11.3. The molecule has 0 aromatic heterocycles. The number of carbonyl (C=O) groups excluding carboxylic acids is 1. The number of piperazine rings is 1. The molecular formula is C20H31N3O3S. The zero-order valence-corrected chi connectivity index (χ0v) is 17.5. The summed E-state index contributed by atoms with van der Waals surface area (Å²) in [5.41, 5.74) is 2.68. The molecule has 0 radical (unpaired) electrons. The molecule has 2 aliphatic rings. The number of amides is 1. The van der Waals surface area contributed by atoms with Gasteiger partial charge in [0.15, 0.2) is 0 Å². The number of likely N-dealkylation sites (tertiary alicyclic amines) is 1. The van der Waals surface area contributed by atoms with Crippen LogP contribution < -0.4 is 0 Å². The highest BCUT2D eigenvalue weighted by Crippen LogP contribution is 2.26. The Morgan fingerprint density at radius 3 is 2.00 bits per heavy atom. The summed E-state index contributed by atoms with van der Waals surface area (Å²) >= 11 is 0. The molecule has 6 nitrogen and oxygen atoms in total. The van der Waals surface area contributed by atoms with E-state index in [9.17, 15) is 13.2 Å². The van der Waals surface area contributed by atoms with Gasteiger partial charge < -0.3 is 4.90 Å². The van der Waals surface area contributed by atoms with Crippen molar-refractivity contribution in [3.8, 4) is 0 Å². The van der Waals surface area contributed by atoms with Crippen molar-refractivity contribution in [3.63, 3.8) is 0 Å². The van der Waals surface area contributed by atoms with E-state index < -0.39 is 10.0 Å². The predicted octanol–water partition coefficient (Wildman–Crippen LogP) is 1.93. The van der Waals surface area contributed by atoms with Gasteiger partial charge in [0.1, 0.15) is 0 Å². The first-order valence-electron chi connectivity index (χ1n) is 9.87. The maximum atomic E-state index is 13.1. The Kier molecular flexibility index (Phi) is 6.23. The van der Waals surface area contributed by atoms with E-state index in [-0.39, 0.29) is 5.91 Å². The lowest BCUT2D eigenvalue weighted by molar-refractivity contribution is -0.133. The molecule has 27 heavy (non-hydrogen) atoms. The van der Waals surface area contributed by atoms with Crippen LogP contribution in [-0.2, 0) is 14.8 Å². The smallest absolute Gasteiger partial charge is 0.243 e. The van der Waals surface area contributed by atoms with Gasteiger partial charge in [0.05, 0.1) is 11.4 Å². The van der Waals surface area contributed by atoms with E-state index in [2.05, 4.69) is 4.90 Å². The number of piperidine rings is 1. The summed E-state index contributed by atoms with van der Waals surface area (Å²) < 4.78 is 27.9. The molecule has 3 rings (SSSR count). The normalized spacial score (nSPS) is 20.0. The van der Waals surface area contributed by atoms with Gasteiger partial charge in [-0.25, -0.2) is 8.42 Å². The minimum atomic E-state index is -3.50. The van der Waals surface area contributed by atoms with Gasteiger partial charge in [-0.3, -0.25) is 9.69 Å². The quantitative estimate of drug-likeness (QED) is 0.784. The highest BCUT2D eigenvalue weighted by Gasteiger charge is 2.31. The van der Waals surface area contributed by atoms with Crippen LogP contribution in [0, 0.1) is 20.8 Å². The molecule has 2 heterocycles. The highest BCUT2D eigenvalue weighted by atomic mass is 32.2. The van der Waals surface area contributed by atoms with Crippen molar-refractivity contribution in [1.29, 1.82) is 0 Å². The first kappa shape index (κ1) is 20.3. The second-order valence-corrected chi connectivity index (χ2v) is 9.72. The minimum Gasteiger partial charge on any atom is -0.342 e. The Morgan fingerprint density at radius 1 is 0.889 bits per heavy atom. The van der Waals surface area contributed by atoms with E-state index in [1.54, 1.807) is 4.31 Å². The van der Waals surface area contributed by atoms with Gasteiger partial charge in [0.2, 0.25) is 15.9 Å². The Labute approximate surface area is 163 Å². The Balaban J connectivity index is 1.62. The van der Waals surface area contributed by atoms with Crippen molar-refractivity contribution in [2.75, 3.05) is 45.8 Å².